The Bertz CT molecular complexity index is 197. The summed E-state index contributed by atoms with van der Waals surface area (Å²) in [7, 11) is 1.49. The highest BCUT2D eigenvalue weighted by atomic mass is 32.1. The van der Waals surface area contributed by atoms with Crippen LogP contribution in [0.15, 0.2) is 0 Å². The molecular weight excluding hydrogens is 189 g/mol. The molecule has 0 aromatic rings. The molecule has 1 aliphatic rings. The first-order valence-corrected chi connectivity index (χ1v) is 3.89. The van der Waals surface area contributed by atoms with Crippen LogP contribution in [-0.4, -0.2) is 23.9 Å². The second-order valence-corrected chi connectivity index (χ2v) is 3.19. The summed E-state index contributed by atoms with van der Waals surface area (Å²) >= 11 is 4.59. The third-order valence-electron chi connectivity index (χ3n) is 1.87. The Labute approximate surface area is 73.5 Å². The summed E-state index contributed by atoms with van der Waals surface area (Å²) in [4.78, 5) is 0. The Balaban J connectivity index is 2.56. The van der Waals surface area contributed by atoms with Crippen LogP contribution in [0, 0.1) is 0 Å². The predicted molar refractivity (Wildman–Crippen MR) is 42.8 cm³/mol. The highest BCUT2D eigenvalue weighted by Gasteiger charge is 2.63. The van der Waals surface area contributed by atoms with Crippen molar-refractivity contribution in [2.75, 3.05) is 7.05 Å². The van der Waals surface area contributed by atoms with Gasteiger partial charge in [0.25, 0.3) is 0 Å². The minimum Gasteiger partial charge on any atom is -0.366 e. The van der Waals surface area contributed by atoms with Crippen molar-refractivity contribution in [1.29, 1.82) is 0 Å². The summed E-state index contributed by atoms with van der Waals surface area (Å²) in [6, 6.07) is 0. The van der Waals surface area contributed by atoms with Gasteiger partial charge in [-0.25, -0.2) is 0 Å². The average molecular weight is 198 g/mol. The summed E-state index contributed by atoms with van der Waals surface area (Å²) in [6.07, 6.45) is -3.98. The first-order valence-electron chi connectivity index (χ1n) is 3.48. The van der Waals surface area contributed by atoms with Gasteiger partial charge < -0.3 is 10.6 Å². The first-order chi connectivity index (χ1) is 5.41. The van der Waals surface area contributed by atoms with Crippen LogP contribution < -0.4 is 10.6 Å². The standard InChI is InChI=1S/C6H9F3N2S/c1-10-4(12)11-5(2-3-5)6(7,8)9/h2-3H2,1H3,(H2,10,11,12). The van der Waals surface area contributed by atoms with E-state index in [1.165, 1.54) is 7.05 Å². The van der Waals surface area contributed by atoms with E-state index in [1.807, 2.05) is 0 Å². The maximum atomic E-state index is 12.2. The summed E-state index contributed by atoms with van der Waals surface area (Å²) in [5, 5.41) is 4.75. The monoisotopic (exact) mass is 198 g/mol. The molecule has 0 heterocycles. The molecule has 0 atom stereocenters. The van der Waals surface area contributed by atoms with E-state index >= 15 is 0 Å². The smallest absolute Gasteiger partial charge is 0.366 e. The van der Waals surface area contributed by atoms with E-state index in [4.69, 9.17) is 0 Å². The molecule has 2 nitrogen and oxygen atoms in total. The van der Waals surface area contributed by atoms with Crippen molar-refractivity contribution in [2.24, 2.45) is 0 Å². The van der Waals surface area contributed by atoms with Crippen molar-refractivity contribution < 1.29 is 13.2 Å². The second-order valence-electron chi connectivity index (χ2n) is 2.78. The van der Waals surface area contributed by atoms with Gasteiger partial charge in [-0.2, -0.15) is 13.2 Å². The van der Waals surface area contributed by atoms with Crippen LogP contribution in [0.25, 0.3) is 0 Å². The van der Waals surface area contributed by atoms with E-state index in [0.717, 1.165) is 0 Å². The molecule has 0 bridgehead atoms. The van der Waals surface area contributed by atoms with Gasteiger partial charge in [-0.1, -0.05) is 0 Å². The number of nitrogens with one attached hydrogen (secondary N) is 2. The molecule has 0 radical (unpaired) electrons. The number of hydrogen-bond acceptors (Lipinski definition) is 1. The van der Waals surface area contributed by atoms with Crippen molar-refractivity contribution in [3.63, 3.8) is 0 Å². The van der Waals surface area contributed by atoms with Crippen LogP contribution in [0.5, 0.6) is 0 Å². The zero-order valence-corrected chi connectivity index (χ0v) is 7.27. The quantitative estimate of drug-likeness (QED) is 0.618. The van der Waals surface area contributed by atoms with Crippen molar-refractivity contribution in [3.05, 3.63) is 0 Å². The van der Waals surface area contributed by atoms with E-state index in [-0.39, 0.29) is 18.0 Å². The molecule has 0 unspecified atom stereocenters. The maximum absolute atomic E-state index is 12.2. The molecule has 2 N–H and O–H groups in total. The molecule has 70 valence electrons. The predicted octanol–water partition coefficient (Wildman–Crippen LogP) is 1.18. The molecule has 6 heteroatoms. The fourth-order valence-corrected chi connectivity index (χ4v) is 1.08. The van der Waals surface area contributed by atoms with Gasteiger partial charge in [0, 0.05) is 7.05 Å². The van der Waals surface area contributed by atoms with E-state index in [2.05, 4.69) is 22.9 Å². The van der Waals surface area contributed by atoms with E-state index in [9.17, 15) is 13.2 Å². The van der Waals surface area contributed by atoms with E-state index < -0.39 is 11.7 Å². The first kappa shape index (κ1) is 9.57. The molecule has 1 fully saturated rings. The molecule has 0 amide bonds. The Hall–Kier alpha value is -0.520. The van der Waals surface area contributed by atoms with Gasteiger partial charge in [0.2, 0.25) is 0 Å². The Morgan fingerprint density at radius 1 is 1.42 bits per heavy atom. The van der Waals surface area contributed by atoms with Crippen molar-refractivity contribution in [2.45, 2.75) is 24.6 Å². The third-order valence-corrected chi connectivity index (χ3v) is 2.18. The highest BCUT2D eigenvalue weighted by Crippen LogP contribution is 2.48. The van der Waals surface area contributed by atoms with Gasteiger partial charge >= 0.3 is 6.18 Å². The molecule has 12 heavy (non-hydrogen) atoms. The second kappa shape index (κ2) is 2.76. The van der Waals surface area contributed by atoms with Gasteiger partial charge in [-0.3, -0.25) is 0 Å². The van der Waals surface area contributed by atoms with E-state index in [0.29, 0.717) is 0 Å². The van der Waals surface area contributed by atoms with Crippen LogP contribution in [0.4, 0.5) is 13.2 Å². The molecule has 1 aliphatic carbocycles. The number of alkyl halides is 3. The van der Waals surface area contributed by atoms with Crippen molar-refractivity contribution >= 4 is 17.3 Å². The SMILES string of the molecule is CNC(=S)NC1(C(F)(F)F)CC1. The van der Waals surface area contributed by atoms with Crippen LogP contribution in [-0.2, 0) is 0 Å². The fraction of sp³-hybridized carbons (Fsp3) is 0.833. The molecule has 0 aromatic carbocycles. The lowest BCUT2D eigenvalue weighted by Gasteiger charge is -2.21. The van der Waals surface area contributed by atoms with Gasteiger partial charge in [0.05, 0.1) is 0 Å². The largest absolute Gasteiger partial charge is 0.411 e. The van der Waals surface area contributed by atoms with Gasteiger partial charge in [-0.15, -0.1) is 0 Å². The Morgan fingerprint density at radius 2 is 1.92 bits per heavy atom. The number of halogens is 3. The highest BCUT2D eigenvalue weighted by molar-refractivity contribution is 7.80. The number of hydrogen-bond donors (Lipinski definition) is 2. The maximum Gasteiger partial charge on any atom is 0.411 e. The lowest BCUT2D eigenvalue weighted by Crippen LogP contribution is -2.50. The minimum atomic E-state index is -4.20. The average Bonchev–Trinajstić information content (AvgIpc) is 2.67. The lowest BCUT2D eigenvalue weighted by molar-refractivity contribution is -0.161. The molecular formula is C6H9F3N2S. The summed E-state index contributed by atoms with van der Waals surface area (Å²) < 4.78 is 36.7. The number of rotatable bonds is 1. The summed E-state index contributed by atoms with van der Waals surface area (Å²) in [6.45, 7) is 0. The Morgan fingerprint density at radius 3 is 2.17 bits per heavy atom. The van der Waals surface area contributed by atoms with Gasteiger partial charge in [0.1, 0.15) is 5.54 Å². The zero-order valence-electron chi connectivity index (χ0n) is 6.46. The fourth-order valence-electron chi connectivity index (χ4n) is 0.884. The molecule has 0 spiro atoms. The third kappa shape index (κ3) is 1.63. The minimum absolute atomic E-state index is 0.0461. The normalized spacial score (nSPS) is 20.0. The summed E-state index contributed by atoms with van der Waals surface area (Å²) in [5.74, 6) is 0. The lowest BCUT2D eigenvalue weighted by atomic mass is 10.3. The zero-order chi connectivity index (χ0) is 9.41. The van der Waals surface area contributed by atoms with E-state index in [1.54, 1.807) is 0 Å². The van der Waals surface area contributed by atoms with Crippen LogP contribution in [0.1, 0.15) is 12.8 Å². The molecule has 1 saturated carbocycles. The van der Waals surface area contributed by atoms with Gasteiger partial charge in [0.15, 0.2) is 5.11 Å². The number of thiocarbonyl (C=S) groups is 1. The topological polar surface area (TPSA) is 24.1 Å². The van der Waals surface area contributed by atoms with Crippen LogP contribution in [0.2, 0.25) is 0 Å². The molecule has 0 aliphatic heterocycles. The van der Waals surface area contributed by atoms with Crippen LogP contribution >= 0.6 is 12.2 Å². The summed E-state index contributed by atoms with van der Waals surface area (Å²) in [5.41, 5.74) is -1.74. The molecule has 1 rings (SSSR count). The van der Waals surface area contributed by atoms with Crippen LogP contribution in [0.3, 0.4) is 0 Å². The van der Waals surface area contributed by atoms with Crippen molar-refractivity contribution in [3.8, 4) is 0 Å². The Kier molecular flexibility index (Phi) is 2.20. The van der Waals surface area contributed by atoms with Gasteiger partial charge in [-0.05, 0) is 25.1 Å². The van der Waals surface area contributed by atoms with Crippen molar-refractivity contribution in [1.82, 2.24) is 10.6 Å². The molecule has 0 aromatic heterocycles. The molecule has 0 saturated heterocycles.